The van der Waals surface area contributed by atoms with Crippen LogP contribution in [0.3, 0.4) is 0 Å². The van der Waals surface area contributed by atoms with Crippen molar-refractivity contribution in [1.82, 2.24) is 10.3 Å². The van der Waals surface area contributed by atoms with E-state index in [1.165, 1.54) is 24.8 Å². The lowest BCUT2D eigenvalue weighted by Gasteiger charge is -2.22. The van der Waals surface area contributed by atoms with Gasteiger partial charge in [-0.15, -0.1) is 0 Å². The van der Waals surface area contributed by atoms with Gasteiger partial charge in [0, 0.05) is 19.3 Å². The van der Waals surface area contributed by atoms with E-state index in [2.05, 4.69) is 10.3 Å². The quantitative estimate of drug-likeness (QED) is 0.781. The van der Waals surface area contributed by atoms with Crippen LogP contribution in [0.15, 0.2) is 18.3 Å². The van der Waals surface area contributed by atoms with Crippen LogP contribution in [-0.2, 0) is 4.74 Å². The summed E-state index contributed by atoms with van der Waals surface area (Å²) in [6.45, 7) is 1.38. The van der Waals surface area contributed by atoms with Crippen LogP contribution in [0.1, 0.15) is 53.0 Å². The van der Waals surface area contributed by atoms with Crippen molar-refractivity contribution in [3.63, 3.8) is 0 Å². The summed E-state index contributed by atoms with van der Waals surface area (Å²) in [7, 11) is 0. The van der Waals surface area contributed by atoms with Crippen LogP contribution < -0.4 is 5.32 Å². The molecule has 0 bridgehead atoms. The summed E-state index contributed by atoms with van der Waals surface area (Å²) in [6.07, 6.45) is 6.86. The van der Waals surface area contributed by atoms with Gasteiger partial charge in [-0.1, -0.05) is 0 Å². The lowest BCUT2D eigenvalue weighted by Crippen LogP contribution is -2.27. The Kier molecular flexibility index (Phi) is 5.68. The van der Waals surface area contributed by atoms with E-state index in [1.54, 1.807) is 0 Å². The molecule has 1 aromatic heterocycles. The minimum atomic E-state index is -1.07. The van der Waals surface area contributed by atoms with Crippen molar-refractivity contribution in [3.8, 4) is 0 Å². The molecular formula is C15H20N2O4. The molecule has 2 N–H and O–H groups in total. The number of carbonyl (C=O) groups is 2. The zero-order valence-electron chi connectivity index (χ0n) is 11.9. The Balaban J connectivity index is 1.74. The van der Waals surface area contributed by atoms with Gasteiger partial charge in [0.05, 0.1) is 11.7 Å². The fourth-order valence-electron chi connectivity index (χ4n) is 2.35. The van der Waals surface area contributed by atoms with Crippen LogP contribution >= 0.6 is 0 Å². The van der Waals surface area contributed by atoms with Gasteiger partial charge in [-0.25, -0.2) is 4.79 Å². The standard InChI is InChI=1S/C15H20N2O4/c18-14(13-10-11(15(19)20)6-8-16-13)17-7-3-5-12-4-1-2-9-21-12/h6,8,10,12H,1-5,7,9H2,(H,17,18)(H,19,20). The van der Waals surface area contributed by atoms with Crippen molar-refractivity contribution in [2.45, 2.75) is 38.2 Å². The second kappa shape index (κ2) is 7.73. The van der Waals surface area contributed by atoms with E-state index in [9.17, 15) is 9.59 Å². The fourth-order valence-corrected chi connectivity index (χ4v) is 2.35. The molecule has 1 fully saturated rings. The third kappa shape index (κ3) is 4.82. The number of nitrogens with zero attached hydrogens (tertiary/aromatic N) is 1. The number of aromatic nitrogens is 1. The summed E-state index contributed by atoms with van der Waals surface area (Å²) in [6, 6.07) is 2.64. The number of nitrogens with one attached hydrogen (secondary N) is 1. The van der Waals surface area contributed by atoms with E-state index < -0.39 is 5.97 Å². The van der Waals surface area contributed by atoms with Crippen LogP contribution in [0.5, 0.6) is 0 Å². The first-order valence-electron chi connectivity index (χ1n) is 7.26. The molecule has 21 heavy (non-hydrogen) atoms. The predicted octanol–water partition coefficient (Wildman–Crippen LogP) is 1.86. The zero-order valence-corrected chi connectivity index (χ0v) is 11.9. The zero-order chi connectivity index (χ0) is 15.1. The van der Waals surface area contributed by atoms with Gasteiger partial charge in [0.2, 0.25) is 0 Å². The number of pyridine rings is 1. The molecular weight excluding hydrogens is 272 g/mol. The van der Waals surface area contributed by atoms with E-state index in [0.29, 0.717) is 12.6 Å². The highest BCUT2D eigenvalue weighted by molar-refractivity contribution is 5.95. The number of rotatable bonds is 6. The SMILES string of the molecule is O=C(O)c1ccnc(C(=O)NCCCC2CCCCO2)c1. The second-order valence-electron chi connectivity index (χ2n) is 5.12. The second-order valence-corrected chi connectivity index (χ2v) is 5.12. The van der Waals surface area contributed by atoms with Crippen molar-refractivity contribution in [2.75, 3.05) is 13.2 Å². The normalized spacial score (nSPS) is 18.2. The lowest BCUT2D eigenvalue weighted by molar-refractivity contribution is 0.0102. The van der Waals surface area contributed by atoms with Gasteiger partial charge in [0.15, 0.2) is 0 Å². The minimum absolute atomic E-state index is 0.0609. The van der Waals surface area contributed by atoms with Crippen LogP contribution in [0.4, 0.5) is 0 Å². The van der Waals surface area contributed by atoms with Gasteiger partial charge in [0.1, 0.15) is 5.69 Å². The summed E-state index contributed by atoms with van der Waals surface area (Å²) in [5.41, 5.74) is 0.189. The maximum Gasteiger partial charge on any atom is 0.335 e. The van der Waals surface area contributed by atoms with Gasteiger partial charge in [0.25, 0.3) is 5.91 Å². The molecule has 1 saturated heterocycles. The average molecular weight is 292 g/mol. The molecule has 1 atom stereocenters. The first-order chi connectivity index (χ1) is 10.2. The molecule has 0 spiro atoms. The molecule has 1 aromatic rings. The van der Waals surface area contributed by atoms with Crippen molar-refractivity contribution >= 4 is 11.9 Å². The van der Waals surface area contributed by atoms with Crippen LogP contribution in [0.2, 0.25) is 0 Å². The Morgan fingerprint density at radius 2 is 2.29 bits per heavy atom. The van der Waals surface area contributed by atoms with E-state index in [1.807, 2.05) is 0 Å². The number of carboxylic acid groups (broad SMARTS) is 1. The van der Waals surface area contributed by atoms with E-state index in [0.717, 1.165) is 32.3 Å². The Hall–Kier alpha value is -1.95. The monoisotopic (exact) mass is 292 g/mol. The summed E-state index contributed by atoms with van der Waals surface area (Å²) in [4.78, 5) is 26.6. The summed E-state index contributed by atoms with van der Waals surface area (Å²) < 4.78 is 5.62. The maximum atomic E-state index is 11.9. The van der Waals surface area contributed by atoms with Crippen molar-refractivity contribution in [2.24, 2.45) is 0 Å². The number of aromatic carboxylic acids is 1. The van der Waals surface area contributed by atoms with Crippen molar-refractivity contribution < 1.29 is 19.4 Å². The van der Waals surface area contributed by atoms with Crippen LogP contribution in [0.25, 0.3) is 0 Å². The largest absolute Gasteiger partial charge is 0.478 e. The molecule has 2 heterocycles. The Morgan fingerprint density at radius 3 is 3.00 bits per heavy atom. The minimum Gasteiger partial charge on any atom is -0.478 e. The van der Waals surface area contributed by atoms with E-state index >= 15 is 0 Å². The number of hydrogen-bond donors (Lipinski definition) is 2. The summed E-state index contributed by atoms with van der Waals surface area (Å²) in [5.74, 6) is -1.41. The third-order valence-electron chi connectivity index (χ3n) is 3.50. The van der Waals surface area contributed by atoms with Crippen molar-refractivity contribution in [1.29, 1.82) is 0 Å². The molecule has 1 unspecified atom stereocenters. The first-order valence-corrected chi connectivity index (χ1v) is 7.26. The molecule has 6 heteroatoms. The molecule has 1 aliphatic heterocycles. The fraction of sp³-hybridized carbons (Fsp3) is 0.533. The molecule has 1 aliphatic rings. The van der Waals surface area contributed by atoms with Gasteiger partial charge in [-0.05, 0) is 44.2 Å². The third-order valence-corrected chi connectivity index (χ3v) is 3.50. The van der Waals surface area contributed by atoms with E-state index in [-0.39, 0.29) is 17.2 Å². The van der Waals surface area contributed by atoms with Gasteiger partial charge < -0.3 is 15.2 Å². The van der Waals surface area contributed by atoms with Gasteiger partial charge >= 0.3 is 5.97 Å². The molecule has 114 valence electrons. The smallest absolute Gasteiger partial charge is 0.335 e. The number of carboxylic acids is 1. The van der Waals surface area contributed by atoms with Crippen LogP contribution in [0, 0.1) is 0 Å². The highest BCUT2D eigenvalue weighted by Crippen LogP contribution is 2.16. The topological polar surface area (TPSA) is 88.5 Å². The summed E-state index contributed by atoms with van der Waals surface area (Å²) in [5, 5.41) is 11.6. The molecule has 6 nitrogen and oxygen atoms in total. The van der Waals surface area contributed by atoms with Gasteiger partial charge in [-0.2, -0.15) is 0 Å². The molecule has 1 amide bonds. The van der Waals surface area contributed by atoms with Crippen molar-refractivity contribution in [3.05, 3.63) is 29.6 Å². The Bertz CT molecular complexity index is 498. The Labute approximate surface area is 123 Å². The predicted molar refractivity (Wildman–Crippen MR) is 76.4 cm³/mol. The summed E-state index contributed by atoms with van der Waals surface area (Å²) >= 11 is 0. The maximum absolute atomic E-state index is 11.9. The number of carbonyl (C=O) groups excluding carboxylic acids is 1. The van der Waals surface area contributed by atoms with Crippen LogP contribution in [-0.4, -0.2) is 41.2 Å². The van der Waals surface area contributed by atoms with E-state index in [4.69, 9.17) is 9.84 Å². The molecule has 0 aliphatic carbocycles. The number of amides is 1. The Morgan fingerprint density at radius 1 is 1.43 bits per heavy atom. The first kappa shape index (κ1) is 15.4. The van der Waals surface area contributed by atoms with Gasteiger partial charge in [-0.3, -0.25) is 9.78 Å². The highest BCUT2D eigenvalue weighted by atomic mass is 16.5. The number of hydrogen-bond acceptors (Lipinski definition) is 4. The molecule has 0 radical (unpaired) electrons. The molecule has 2 rings (SSSR count). The lowest BCUT2D eigenvalue weighted by atomic mass is 10.0. The highest BCUT2D eigenvalue weighted by Gasteiger charge is 2.14. The average Bonchev–Trinajstić information content (AvgIpc) is 2.52. The molecule has 0 aromatic carbocycles. The number of ether oxygens (including phenoxy) is 1. The molecule has 0 saturated carbocycles.